The lowest BCUT2D eigenvalue weighted by molar-refractivity contribution is -0.175. The molecule has 0 spiro atoms. The number of ether oxygens (including phenoxy) is 1. The third-order valence-corrected chi connectivity index (χ3v) is 2.80. The molecule has 90 valence electrons. The fraction of sp³-hybridized carbons (Fsp3) is 0.917. The Morgan fingerprint density at radius 2 is 1.87 bits per heavy atom. The van der Waals surface area contributed by atoms with Crippen LogP contribution >= 0.6 is 0 Å². The van der Waals surface area contributed by atoms with Crippen LogP contribution < -0.4 is 0 Å². The maximum Gasteiger partial charge on any atom is 0.335 e. The molecule has 0 aromatic carbocycles. The van der Waals surface area contributed by atoms with Crippen LogP contribution in [0.15, 0.2) is 0 Å². The average molecular weight is 216 g/mol. The van der Waals surface area contributed by atoms with E-state index in [-0.39, 0.29) is 6.10 Å². The number of carboxylic acids is 1. The van der Waals surface area contributed by atoms with E-state index in [1.54, 1.807) is 0 Å². The first-order chi connectivity index (χ1) is 6.88. The van der Waals surface area contributed by atoms with E-state index in [1.165, 1.54) is 0 Å². The molecule has 0 fully saturated rings. The van der Waals surface area contributed by atoms with Gasteiger partial charge in [-0.2, -0.15) is 0 Å². The molecule has 0 saturated heterocycles. The first-order valence-corrected chi connectivity index (χ1v) is 5.79. The van der Waals surface area contributed by atoms with Crippen molar-refractivity contribution in [3.8, 4) is 0 Å². The van der Waals surface area contributed by atoms with E-state index >= 15 is 0 Å². The summed E-state index contributed by atoms with van der Waals surface area (Å²) in [4.78, 5) is 11.3. The number of carbonyl (C=O) groups is 1. The zero-order chi connectivity index (χ0) is 12.1. The fourth-order valence-corrected chi connectivity index (χ4v) is 1.72. The molecule has 3 heteroatoms. The summed E-state index contributed by atoms with van der Waals surface area (Å²) in [5.74, 6) is -0.459. The van der Waals surface area contributed by atoms with Crippen molar-refractivity contribution in [2.45, 2.75) is 65.6 Å². The van der Waals surface area contributed by atoms with Crippen molar-refractivity contribution in [2.24, 2.45) is 5.92 Å². The average Bonchev–Trinajstić information content (AvgIpc) is 2.15. The maximum atomic E-state index is 11.3. The van der Waals surface area contributed by atoms with Crippen molar-refractivity contribution >= 4 is 5.97 Å². The Morgan fingerprint density at radius 1 is 1.33 bits per heavy atom. The Labute approximate surface area is 92.8 Å². The van der Waals surface area contributed by atoms with Crippen LogP contribution in [-0.4, -0.2) is 22.8 Å². The van der Waals surface area contributed by atoms with Crippen molar-refractivity contribution in [3.05, 3.63) is 0 Å². The normalized spacial score (nSPS) is 17.5. The summed E-state index contributed by atoms with van der Waals surface area (Å²) >= 11 is 0. The highest BCUT2D eigenvalue weighted by Gasteiger charge is 2.39. The van der Waals surface area contributed by atoms with E-state index in [1.807, 2.05) is 20.8 Å². The predicted octanol–water partition coefficient (Wildman–Crippen LogP) is 3.08. The molecule has 15 heavy (non-hydrogen) atoms. The van der Waals surface area contributed by atoms with Gasteiger partial charge in [-0.05, 0) is 32.6 Å². The zero-order valence-electron chi connectivity index (χ0n) is 10.5. The van der Waals surface area contributed by atoms with Crippen LogP contribution in [0.4, 0.5) is 0 Å². The van der Waals surface area contributed by atoms with Gasteiger partial charge in [0.1, 0.15) is 0 Å². The molecule has 0 bridgehead atoms. The lowest BCUT2D eigenvalue weighted by Crippen LogP contribution is -2.44. The van der Waals surface area contributed by atoms with Gasteiger partial charge in [-0.3, -0.25) is 0 Å². The second-order valence-corrected chi connectivity index (χ2v) is 4.54. The molecular formula is C12H24O3. The predicted molar refractivity (Wildman–Crippen MR) is 61.0 cm³/mol. The fourth-order valence-electron chi connectivity index (χ4n) is 1.72. The summed E-state index contributed by atoms with van der Waals surface area (Å²) in [6, 6.07) is 0. The SMILES string of the molecule is CCC(C)CC(CC)(OC(C)C)C(=O)O. The number of hydrogen-bond donors (Lipinski definition) is 1. The minimum absolute atomic E-state index is 0.0508. The molecule has 0 saturated carbocycles. The summed E-state index contributed by atoms with van der Waals surface area (Å²) < 4.78 is 5.62. The number of aliphatic carboxylic acids is 1. The minimum atomic E-state index is -0.996. The molecule has 2 unspecified atom stereocenters. The third-order valence-electron chi connectivity index (χ3n) is 2.80. The van der Waals surface area contributed by atoms with Gasteiger partial charge in [0, 0.05) is 0 Å². The van der Waals surface area contributed by atoms with Gasteiger partial charge < -0.3 is 9.84 Å². The smallest absolute Gasteiger partial charge is 0.335 e. The summed E-state index contributed by atoms with van der Waals surface area (Å²) in [7, 11) is 0. The molecule has 0 rings (SSSR count). The first-order valence-electron chi connectivity index (χ1n) is 5.79. The highest BCUT2D eigenvalue weighted by molar-refractivity contribution is 5.77. The first kappa shape index (κ1) is 14.4. The Kier molecular flexibility index (Phi) is 5.88. The summed E-state index contributed by atoms with van der Waals surface area (Å²) in [5, 5.41) is 9.29. The summed E-state index contributed by atoms with van der Waals surface area (Å²) in [5.41, 5.74) is -0.996. The molecule has 0 heterocycles. The zero-order valence-corrected chi connectivity index (χ0v) is 10.5. The Balaban J connectivity index is 4.73. The maximum absolute atomic E-state index is 11.3. The van der Waals surface area contributed by atoms with Crippen LogP contribution in [-0.2, 0) is 9.53 Å². The highest BCUT2D eigenvalue weighted by atomic mass is 16.5. The van der Waals surface area contributed by atoms with Crippen LogP contribution in [0.1, 0.15) is 53.9 Å². The Morgan fingerprint density at radius 3 is 2.13 bits per heavy atom. The second-order valence-electron chi connectivity index (χ2n) is 4.54. The van der Waals surface area contributed by atoms with Crippen molar-refractivity contribution < 1.29 is 14.6 Å². The topological polar surface area (TPSA) is 46.5 Å². The number of rotatable bonds is 7. The van der Waals surface area contributed by atoms with E-state index in [2.05, 4.69) is 13.8 Å². The van der Waals surface area contributed by atoms with Gasteiger partial charge in [0.15, 0.2) is 5.60 Å². The molecule has 0 amide bonds. The van der Waals surface area contributed by atoms with Gasteiger partial charge in [-0.25, -0.2) is 4.79 Å². The molecule has 3 nitrogen and oxygen atoms in total. The van der Waals surface area contributed by atoms with Gasteiger partial charge in [0.05, 0.1) is 6.10 Å². The third kappa shape index (κ3) is 4.20. The second kappa shape index (κ2) is 6.11. The molecule has 0 aromatic heterocycles. The van der Waals surface area contributed by atoms with Gasteiger partial charge in [0.2, 0.25) is 0 Å². The summed E-state index contributed by atoms with van der Waals surface area (Å²) in [6.45, 7) is 9.77. The molecule has 0 aliphatic rings. The standard InChI is InChI=1S/C12H24O3/c1-6-10(5)8-12(7-2,11(13)14)15-9(3)4/h9-10H,6-8H2,1-5H3,(H,13,14). The molecule has 0 aliphatic heterocycles. The van der Waals surface area contributed by atoms with Crippen molar-refractivity contribution in [1.29, 1.82) is 0 Å². The largest absolute Gasteiger partial charge is 0.479 e. The van der Waals surface area contributed by atoms with Crippen molar-refractivity contribution in [2.75, 3.05) is 0 Å². The van der Waals surface area contributed by atoms with Gasteiger partial charge >= 0.3 is 5.97 Å². The molecule has 0 aromatic rings. The Hall–Kier alpha value is -0.570. The van der Waals surface area contributed by atoms with Crippen LogP contribution in [0.2, 0.25) is 0 Å². The van der Waals surface area contributed by atoms with Crippen LogP contribution in [0.3, 0.4) is 0 Å². The van der Waals surface area contributed by atoms with Crippen molar-refractivity contribution in [1.82, 2.24) is 0 Å². The van der Waals surface area contributed by atoms with Crippen LogP contribution in [0, 0.1) is 5.92 Å². The molecule has 0 radical (unpaired) electrons. The van der Waals surface area contributed by atoms with Crippen molar-refractivity contribution in [3.63, 3.8) is 0 Å². The number of carboxylic acid groups (broad SMARTS) is 1. The molecule has 1 N–H and O–H groups in total. The minimum Gasteiger partial charge on any atom is -0.479 e. The monoisotopic (exact) mass is 216 g/mol. The lowest BCUT2D eigenvalue weighted by Gasteiger charge is -2.32. The molecule has 0 aliphatic carbocycles. The van der Waals surface area contributed by atoms with E-state index in [4.69, 9.17) is 4.74 Å². The molecule has 2 atom stereocenters. The van der Waals surface area contributed by atoms with Gasteiger partial charge in [-0.15, -0.1) is 0 Å². The molecular weight excluding hydrogens is 192 g/mol. The van der Waals surface area contributed by atoms with Crippen LogP contribution in [0.25, 0.3) is 0 Å². The van der Waals surface area contributed by atoms with Gasteiger partial charge in [-0.1, -0.05) is 27.2 Å². The Bertz CT molecular complexity index is 201. The quantitative estimate of drug-likeness (QED) is 0.711. The van der Waals surface area contributed by atoms with E-state index in [0.717, 1.165) is 6.42 Å². The van der Waals surface area contributed by atoms with Crippen LogP contribution in [0.5, 0.6) is 0 Å². The highest BCUT2D eigenvalue weighted by Crippen LogP contribution is 2.28. The number of hydrogen-bond acceptors (Lipinski definition) is 2. The lowest BCUT2D eigenvalue weighted by atomic mass is 9.87. The van der Waals surface area contributed by atoms with E-state index in [0.29, 0.717) is 18.8 Å². The van der Waals surface area contributed by atoms with E-state index in [9.17, 15) is 9.90 Å². The van der Waals surface area contributed by atoms with E-state index < -0.39 is 11.6 Å². The van der Waals surface area contributed by atoms with Gasteiger partial charge in [0.25, 0.3) is 0 Å². The summed E-state index contributed by atoms with van der Waals surface area (Å²) in [6.07, 6.45) is 2.04.